The Balaban J connectivity index is 1.35. The molecule has 0 radical (unpaired) electrons. The van der Waals surface area contributed by atoms with E-state index >= 15 is 0 Å². The number of fused-ring (bicyclic) bond motifs is 2. The van der Waals surface area contributed by atoms with Gasteiger partial charge >= 0.3 is 12.1 Å². The van der Waals surface area contributed by atoms with Crippen molar-refractivity contribution in [1.29, 1.82) is 0 Å². The third-order valence-corrected chi connectivity index (χ3v) is 7.39. The molecule has 1 aromatic carbocycles. The number of anilines is 1. The van der Waals surface area contributed by atoms with Crippen molar-refractivity contribution in [1.82, 2.24) is 14.7 Å². The molecule has 7 nitrogen and oxygen atoms in total. The van der Waals surface area contributed by atoms with E-state index in [2.05, 4.69) is 16.7 Å². The summed E-state index contributed by atoms with van der Waals surface area (Å²) in [5, 5.41) is 0. The summed E-state index contributed by atoms with van der Waals surface area (Å²) in [4.78, 5) is 32.8. The third kappa shape index (κ3) is 4.85. The Morgan fingerprint density at radius 2 is 2.00 bits per heavy atom. The van der Waals surface area contributed by atoms with Gasteiger partial charge in [-0.15, -0.1) is 5.92 Å². The molecule has 0 bridgehead atoms. The molecule has 4 rings (SSSR count). The first-order chi connectivity index (χ1) is 16.2. The van der Waals surface area contributed by atoms with E-state index in [1.807, 2.05) is 0 Å². The lowest BCUT2D eigenvalue weighted by atomic mass is 9.74. The van der Waals surface area contributed by atoms with Crippen molar-refractivity contribution in [3.63, 3.8) is 0 Å². The average Bonchev–Trinajstić information content (AvgIpc) is 3.38. The molecule has 2 fully saturated rings. The molecule has 8 heteroatoms. The molecule has 1 aromatic rings. The molecule has 34 heavy (non-hydrogen) atoms. The van der Waals surface area contributed by atoms with E-state index < -0.39 is 6.10 Å². The fraction of sp³-hybridized carbons (Fsp3) is 0.615. The van der Waals surface area contributed by atoms with Crippen molar-refractivity contribution in [2.24, 2.45) is 5.92 Å². The van der Waals surface area contributed by atoms with Crippen LogP contribution in [0.25, 0.3) is 0 Å². The van der Waals surface area contributed by atoms with Crippen LogP contribution in [0.3, 0.4) is 0 Å². The lowest BCUT2D eigenvalue weighted by Crippen LogP contribution is -2.48. The number of halogens is 1. The summed E-state index contributed by atoms with van der Waals surface area (Å²) in [6, 6.07) is 4.74. The van der Waals surface area contributed by atoms with Crippen molar-refractivity contribution >= 4 is 17.8 Å². The van der Waals surface area contributed by atoms with E-state index in [1.165, 1.54) is 6.07 Å². The van der Waals surface area contributed by atoms with Gasteiger partial charge in [-0.2, -0.15) is 0 Å². The highest BCUT2D eigenvalue weighted by molar-refractivity contribution is 5.95. The normalized spacial score (nSPS) is 22.2. The minimum absolute atomic E-state index is 0.0654. The number of nitrogens with zero attached hydrogens (tertiary/aromatic N) is 4. The molecule has 3 heterocycles. The predicted octanol–water partition coefficient (Wildman–Crippen LogP) is 3.53. The first-order valence-electron chi connectivity index (χ1n) is 12.1. The number of piperidine rings is 1. The van der Waals surface area contributed by atoms with Gasteiger partial charge in [0.05, 0.1) is 0 Å². The molecule has 3 amide bonds. The Kier molecular flexibility index (Phi) is 7.04. The van der Waals surface area contributed by atoms with Crippen LogP contribution < -0.4 is 4.90 Å². The monoisotopic (exact) mass is 470 g/mol. The summed E-state index contributed by atoms with van der Waals surface area (Å²) in [6.07, 6.45) is 2.04. The molecular weight excluding hydrogens is 435 g/mol. The second-order valence-electron chi connectivity index (χ2n) is 10.0. The van der Waals surface area contributed by atoms with Crippen LogP contribution in [0.4, 0.5) is 19.7 Å². The molecular formula is C26H35FN4O3. The summed E-state index contributed by atoms with van der Waals surface area (Å²) in [5.74, 6) is 5.78. The highest BCUT2D eigenvalue weighted by atomic mass is 19.1. The van der Waals surface area contributed by atoms with Gasteiger partial charge < -0.3 is 19.4 Å². The van der Waals surface area contributed by atoms with Gasteiger partial charge in [-0.05, 0) is 75.9 Å². The molecule has 2 atom stereocenters. The summed E-state index contributed by atoms with van der Waals surface area (Å²) in [5.41, 5.74) is 1.59. The zero-order chi connectivity index (χ0) is 24.5. The molecule has 0 aromatic heterocycles. The highest BCUT2D eigenvalue weighted by Crippen LogP contribution is 2.47. The molecule has 1 spiro atoms. The standard InChI is InChI=1S/C26H35FN4O3/c1-5-6-19(2)34-25(33)30-12-9-20(17-30)16-29-13-10-26(11-14-29)18-31(24(32)28(3)4)23-8-7-21(27)15-22(23)26/h7-8,15,19-20H,9-14,16-18H2,1-4H3/t19?,20-/m0/s1. The minimum atomic E-state index is -0.395. The number of hydrogen-bond acceptors (Lipinski definition) is 4. The Bertz CT molecular complexity index is 993. The predicted molar refractivity (Wildman–Crippen MR) is 129 cm³/mol. The number of benzene rings is 1. The molecule has 1 unspecified atom stereocenters. The SMILES string of the molecule is CC#CC(C)OC(=O)N1CC[C@@H](CN2CCC3(CC2)CN(C(=O)N(C)C)c2ccc(F)cc23)C1. The molecule has 0 saturated carbocycles. The highest BCUT2D eigenvalue weighted by Gasteiger charge is 2.47. The summed E-state index contributed by atoms with van der Waals surface area (Å²) in [6.45, 7) is 8.24. The Hall–Kier alpha value is -2.79. The second-order valence-corrected chi connectivity index (χ2v) is 10.0. The van der Waals surface area contributed by atoms with Gasteiger partial charge in [0.15, 0.2) is 6.10 Å². The third-order valence-electron chi connectivity index (χ3n) is 7.39. The summed E-state index contributed by atoms with van der Waals surface area (Å²) >= 11 is 0. The van der Waals surface area contributed by atoms with Crippen molar-refractivity contribution in [3.8, 4) is 11.8 Å². The minimum Gasteiger partial charge on any atom is -0.433 e. The molecule has 3 aliphatic heterocycles. The van der Waals surface area contributed by atoms with E-state index in [0.717, 1.165) is 50.1 Å². The van der Waals surface area contributed by atoms with Crippen LogP contribution in [-0.2, 0) is 10.2 Å². The number of carbonyl (C=O) groups is 2. The first kappa shape index (κ1) is 24.3. The zero-order valence-electron chi connectivity index (χ0n) is 20.6. The molecule has 3 aliphatic rings. The van der Waals surface area contributed by atoms with Crippen LogP contribution in [0.15, 0.2) is 18.2 Å². The Morgan fingerprint density at radius 3 is 2.68 bits per heavy atom. The number of hydrogen-bond donors (Lipinski definition) is 0. The number of likely N-dealkylation sites (tertiary alicyclic amines) is 2. The Labute approximate surface area is 201 Å². The summed E-state index contributed by atoms with van der Waals surface area (Å²) < 4.78 is 19.6. The van der Waals surface area contributed by atoms with Gasteiger partial charge in [-0.25, -0.2) is 14.0 Å². The lowest BCUT2D eigenvalue weighted by Gasteiger charge is -2.40. The van der Waals surface area contributed by atoms with Gasteiger partial charge in [-0.3, -0.25) is 4.90 Å². The van der Waals surface area contributed by atoms with Crippen LogP contribution in [0.2, 0.25) is 0 Å². The van der Waals surface area contributed by atoms with E-state index in [4.69, 9.17) is 4.74 Å². The van der Waals surface area contributed by atoms with E-state index in [9.17, 15) is 14.0 Å². The van der Waals surface area contributed by atoms with Crippen molar-refractivity contribution < 1.29 is 18.7 Å². The van der Waals surface area contributed by atoms with Crippen LogP contribution in [0.1, 0.15) is 38.7 Å². The van der Waals surface area contributed by atoms with Gasteiger partial charge in [0.2, 0.25) is 0 Å². The van der Waals surface area contributed by atoms with Gasteiger partial charge in [-0.1, -0.05) is 5.92 Å². The maximum atomic E-state index is 14.2. The quantitative estimate of drug-likeness (QED) is 0.635. The average molecular weight is 471 g/mol. The fourth-order valence-electron chi connectivity index (χ4n) is 5.62. The molecule has 0 aliphatic carbocycles. The van der Waals surface area contributed by atoms with Crippen molar-refractivity contribution in [2.45, 2.75) is 44.6 Å². The first-order valence-corrected chi connectivity index (χ1v) is 12.1. The van der Waals surface area contributed by atoms with Crippen LogP contribution in [0.5, 0.6) is 0 Å². The lowest BCUT2D eigenvalue weighted by molar-refractivity contribution is 0.0933. The van der Waals surface area contributed by atoms with Crippen LogP contribution in [0, 0.1) is 23.6 Å². The number of amides is 3. The second kappa shape index (κ2) is 9.83. The maximum absolute atomic E-state index is 14.2. The van der Waals surface area contributed by atoms with Crippen molar-refractivity contribution in [2.75, 3.05) is 58.3 Å². The van der Waals surface area contributed by atoms with Gasteiger partial charge in [0.25, 0.3) is 0 Å². The van der Waals surface area contributed by atoms with Crippen molar-refractivity contribution in [3.05, 3.63) is 29.6 Å². The number of ether oxygens (including phenoxy) is 1. The zero-order valence-corrected chi connectivity index (χ0v) is 20.6. The molecule has 184 valence electrons. The number of carbonyl (C=O) groups excluding carboxylic acids is 2. The van der Waals surface area contributed by atoms with Crippen LogP contribution >= 0.6 is 0 Å². The molecule has 0 N–H and O–H groups in total. The van der Waals surface area contributed by atoms with E-state index in [-0.39, 0.29) is 23.4 Å². The summed E-state index contributed by atoms with van der Waals surface area (Å²) in [7, 11) is 3.50. The van der Waals surface area contributed by atoms with Gasteiger partial charge in [0.1, 0.15) is 5.82 Å². The van der Waals surface area contributed by atoms with Gasteiger partial charge in [0, 0.05) is 51.4 Å². The number of rotatable bonds is 3. The largest absolute Gasteiger partial charge is 0.433 e. The number of urea groups is 1. The molecule has 2 saturated heterocycles. The fourth-order valence-corrected chi connectivity index (χ4v) is 5.62. The van der Waals surface area contributed by atoms with E-state index in [1.54, 1.807) is 54.8 Å². The maximum Gasteiger partial charge on any atom is 0.411 e. The topological polar surface area (TPSA) is 56.3 Å². The Morgan fingerprint density at radius 1 is 1.26 bits per heavy atom. The smallest absolute Gasteiger partial charge is 0.411 e. The van der Waals surface area contributed by atoms with Crippen LogP contribution in [-0.4, -0.2) is 86.3 Å². The van der Waals surface area contributed by atoms with E-state index in [0.29, 0.717) is 25.6 Å².